The molecule has 2 N–H and O–H groups in total. The Morgan fingerprint density at radius 1 is 1.12 bits per heavy atom. The number of carbonyl (C=O) groups is 2. The van der Waals surface area contributed by atoms with Crippen LogP contribution < -0.4 is 10.1 Å². The number of ether oxygens (including phenoxy) is 2. The van der Waals surface area contributed by atoms with Crippen molar-refractivity contribution in [3.8, 4) is 5.75 Å². The molecule has 3 rings (SSSR count). The van der Waals surface area contributed by atoms with Crippen molar-refractivity contribution in [2.75, 3.05) is 26.4 Å². The van der Waals surface area contributed by atoms with Crippen molar-refractivity contribution < 1.29 is 24.2 Å². The first-order chi connectivity index (χ1) is 12.1. The molecule has 1 saturated heterocycles. The maximum atomic E-state index is 12.0. The molecule has 6 nitrogen and oxygen atoms in total. The standard InChI is InChI=1S/C19H21NO5/c21-17(20-13-19(18(22)23)7-9-24-10-8-19)12-25-16-6-5-14-3-1-2-4-15(14)11-16/h1-6,11H,7-10,12-13H2,(H,20,21)(H,22,23). The van der Waals surface area contributed by atoms with Gasteiger partial charge in [-0.1, -0.05) is 30.3 Å². The quantitative estimate of drug-likeness (QED) is 0.840. The molecule has 0 radical (unpaired) electrons. The lowest BCUT2D eigenvalue weighted by atomic mass is 9.80. The number of benzene rings is 2. The lowest BCUT2D eigenvalue weighted by molar-refractivity contribution is -0.154. The number of fused-ring (bicyclic) bond motifs is 1. The summed E-state index contributed by atoms with van der Waals surface area (Å²) >= 11 is 0. The Hall–Kier alpha value is -2.60. The molecule has 6 heteroatoms. The Balaban J connectivity index is 1.54. The molecule has 0 bridgehead atoms. The fourth-order valence-electron chi connectivity index (χ4n) is 2.95. The molecule has 1 amide bonds. The van der Waals surface area contributed by atoms with Crippen LogP contribution in [-0.2, 0) is 14.3 Å². The number of amides is 1. The van der Waals surface area contributed by atoms with E-state index < -0.39 is 11.4 Å². The Kier molecular flexibility index (Phi) is 5.19. The van der Waals surface area contributed by atoms with E-state index in [-0.39, 0.29) is 19.1 Å². The molecule has 1 fully saturated rings. The fourth-order valence-corrected chi connectivity index (χ4v) is 2.95. The van der Waals surface area contributed by atoms with Crippen molar-refractivity contribution >= 4 is 22.6 Å². The van der Waals surface area contributed by atoms with Gasteiger partial charge >= 0.3 is 5.97 Å². The third kappa shape index (κ3) is 4.09. The van der Waals surface area contributed by atoms with Gasteiger partial charge in [-0.3, -0.25) is 9.59 Å². The molecule has 132 valence electrons. The van der Waals surface area contributed by atoms with Crippen molar-refractivity contribution in [3.63, 3.8) is 0 Å². The monoisotopic (exact) mass is 343 g/mol. The van der Waals surface area contributed by atoms with Crippen LogP contribution in [-0.4, -0.2) is 43.3 Å². The zero-order chi connectivity index (χ0) is 17.7. The van der Waals surface area contributed by atoms with Crippen LogP contribution in [0.3, 0.4) is 0 Å². The van der Waals surface area contributed by atoms with Crippen molar-refractivity contribution in [1.29, 1.82) is 0 Å². The lowest BCUT2D eigenvalue weighted by Crippen LogP contribution is -2.47. The number of nitrogens with one attached hydrogen (secondary N) is 1. The van der Waals surface area contributed by atoms with Crippen LogP contribution in [0.15, 0.2) is 42.5 Å². The summed E-state index contributed by atoms with van der Waals surface area (Å²) < 4.78 is 10.7. The van der Waals surface area contributed by atoms with Crippen LogP contribution in [0, 0.1) is 5.41 Å². The molecule has 0 unspecified atom stereocenters. The Bertz CT molecular complexity index is 767. The van der Waals surface area contributed by atoms with E-state index in [1.165, 1.54) is 0 Å². The molecule has 0 aliphatic carbocycles. The topological polar surface area (TPSA) is 84.9 Å². The molecule has 2 aromatic rings. The molecule has 1 aliphatic rings. The van der Waals surface area contributed by atoms with Crippen molar-refractivity contribution in [1.82, 2.24) is 5.32 Å². The van der Waals surface area contributed by atoms with E-state index in [0.29, 0.717) is 31.8 Å². The highest BCUT2D eigenvalue weighted by atomic mass is 16.5. The highest BCUT2D eigenvalue weighted by Gasteiger charge is 2.40. The van der Waals surface area contributed by atoms with Crippen LogP contribution in [0.2, 0.25) is 0 Å². The molecule has 0 aromatic heterocycles. The Labute approximate surface area is 145 Å². The second-order valence-corrected chi connectivity index (χ2v) is 6.27. The number of hydrogen-bond acceptors (Lipinski definition) is 4. The largest absolute Gasteiger partial charge is 0.484 e. The SMILES string of the molecule is O=C(COc1ccc2ccccc2c1)NCC1(C(=O)O)CCOCC1. The number of rotatable bonds is 6. The zero-order valence-electron chi connectivity index (χ0n) is 13.9. The van der Waals surface area contributed by atoms with E-state index in [1.54, 1.807) is 0 Å². The van der Waals surface area contributed by atoms with Gasteiger partial charge < -0.3 is 19.9 Å². The summed E-state index contributed by atoms with van der Waals surface area (Å²) in [5, 5.41) is 14.3. The third-order valence-electron chi connectivity index (χ3n) is 4.62. The molecule has 2 aromatic carbocycles. The number of carbonyl (C=O) groups excluding carboxylic acids is 1. The van der Waals surface area contributed by atoms with Crippen LogP contribution in [0.25, 0.3) is 10.8 Å². The van der Waals surface area contributed by atoms with E-state index in [0.717, 1.165) is 10.8 Å². The molecule has 0 atom stereocenters. The average molecular weight is 343 g/mol. The van der Waals surface area contributed by atoms with Crippen LogP contribution >= 0.6 is 0 Å². The highest BCUT2D eigenvalue weighted by molar-refractivity contribution is 5.84. The highest BCUT2D eigenvalue weighted by Crippen LogP contribution is 2.30. The maximum absolute atomic E-state index is 12.0. The Morgan fingerprint density at radius 3 is 2.56 bits per heavy atom. The van der Waals surface area contributed by atoms with Gasteiger partial charge in [0.2, 0.25) is 0 Å². The third-order valence-corrected chi connectivity index (χ3v) is 4.62. The molecule has 25 heavy (non-hydrogen) atoms. The first-order valence-corrected chi connectivity index (χ1v) is 8.29. The van der Waals surface area contributed by atoms with E-state index >= 15 is 0 Å². The van der Waals surface area contributed by atoms with Crippen LogP contribution in [0.1, 0.15) is 12.8 Å². The van der Waals surface area contributed by atoms with Gasteiger partial charge in [0.1, 0.15) is 5.75 Å². The van der Waals surface area contributed by atoms with Gasteiger partial charge in [0.25, 0.3) is 5.91 Å². The van der Waals surface area contributed by atoms with Gasteiger partial charge in [-0.2, -0.15) is 0 Å². The zero-order valence-corrected chi connectivity index (χ0v) is 13.9. The van der Waals surface area contributed by atoms with E-state index in [2.05, 4.69) is 5.32 Å². The van der Waals surface area contributed by atoms with Gasteiger partial charge in [-0.05, 0) is 35.7 Å². The van der Waals surface area contributed by atoms with Crippen LogP contribution in [0.5, 0.6) is 5.75 Å². The predicted molar refractivity (Wildman–Crippen MR) is 92.6 cm³/mol. The number of carboxylic acid groups (broad SMARTS) is 1. The van der Waals surface area contributed by atoms with Gasteiger partial charge in [0, 0.05) is 19.8 Å². The second-order valence-electron chi connectivity index (χ2n) is 6.27. The minimum atomic E-state index is -0.948. The maximum Gasteiger partial charge on any atom is 0.311 e. The molecule has 1 aliphatic heterocycles. The van der Waals surface area contributed by atoms with Gasteiger partial charge in [0.15, 0.2) is 6.61 Å². The minimum Gasteiger partial charge on any atom is -0.484 e. The normalized spacial score (nSPS) is 16.3. The van der Waals surface area contributed by atoms with Gasteiger partial charge in [-0.15, -0.1) is 0 Å². The number of carboxylic acids is 1. The van der Waals surface area contributed by atoms with Gasteiger partial charge in [-0.25, -0.2) is 0 Å². The van der Waals surface area contributed by atoms with Gasteiger partial charge in [0.05, 0.1) is 5.41 Å². The predicted octanol–water partition coefficient (Wildman–Crippen LogP) is 2.22. The molecular formula is C19H21NO5. The average Bonchev–Trinajstić information content (AvgIpc) is 2.65. The lowest BCUT2D eigenvalue weighted by Gasteiger charge is -2.33. The summed E-state index contributed by atoms with van der Waals surface area (Å²) in [5.74, 6) is -0.625. The Morgan fingerprint density at radius 2 is 1.84 bits per heavy atom. The molecular weight excluding hydrogens is 322 g/mol. The fraction of sp³-hybridized carbons (Fsp3) is 0.368. The number of aliphatic carboxylic acids is 1. The summed E-state index contributed by atoms with van der Waals surface area (Å²) in [5.41, 5.74) is -0.948. The minimum absolute atomic E-state index is 0.0889. The van der Waals surface area contributed by atoms with Crippen molar-refractivity contribution in [2.24, 2.45) is 5.41 Å². The molecule has 0 spiro atoms. The van der Waals surface area contributed by atoms with E-state index in [9.17, 15) is 14.7 Å². The summed E-state index contributed by atoms with van der Waals surface area (Å²) in [6.45, 7) is 0.738. The summed E-state index contributed by atoms with van der Waals surface area (Å²) in [6, 6.07) is 13.5. The number of hydrogen-bond donors (Lipinski definition) is 2. The van der Waals surface area contributed by atoms with E-state index in [4.69, 9.17) is 9.47 Å². The first kappa shape index (κ1) is 17.2. The first-order valence-electron chi connectivity index (χ1n) is 8.29. The smallest absolute Gasteiger partial charge is 0.311 e. The van der Waals surface area contributed by atoms with Crippen LogP contribution in [0.4, 0.5) is 0 Å². The van der Waals surface area contributed by atoms with Crippen molar-refractivity contribution in [3.05, 3.63) is 42.5 Å². The molecule has 1 heterocycles. The molecule has 0 saturated carbocycles. The summed E-state index contributed by atoms with van der Waals surface area (Å²) in [6.07, 6.45) is 0.794. The summed E-state index contributed by atoms with van der Waals surface area (Å²) in [7, 11) is 0. The van der Waals surface area contributed by atoms with Crippen molar-refractivity contribution in [2.45, 2.75) is 12.8 Å². The second kappa shape index (κ2) is 7.53. The van der Waals surface area contributed by atoms with E-state index in [1.807, 2.05) is 42.5 Å². The summed E-state index contributed by atoms with van der Waals surface area (Å²) in [4.78, 5) is 23.6.